The van der Waals surface area contributed by atoms with Crippen LogP contribution in [-0.2, 0) is 11.6 Å². The van der Waals surface area contributed by atoms with E-state index in [0.29, 0.717) is 5.69 Å². The number of nitrogens with two attached hydrogens (primary N) is 1. The second-order valence-corrected chi connectivity index (χ2v) is 4.82. The Morgan fingerprint density at radius 3 is 2.06 bits per heavy atom. The largest absolute Gasteiger partial charge is 0.416 e. The van der Waals surface area contributed by atoms with E-state index in [-0.39, 0.29) is 11.4 Å². The Hall–Kier alpha value is -1.26. The lowest BCUT2D eigenvalue weighted by molar-refractivity contribution is -0.138. The smallest absolute Gasteiger partial charge is 0.384 e. The van der Waals surface area contributed by atoms with E-state index in [0.717, 1.165) is 6.07 Å². The Bertz CT molecular complexity index is 368. The average Bonchev–Trinajstić information content (AvgIpc) is 2.04. The minimum Gasteiger partial charge on any atom is -0.384 e. The molecule has 1 aromatic rings. The minimum atomic E-state index is -4.39. The molecule has 0 unspecified atom stereocenters. The van der Waals surface area contributed by atoms with E-state index in [2.05, 4.69) is 4.98 Å². The zero-order chi connectivity index (χ0) is 12.7. The zero-order valence-electron chi connectivity index (χ0n) is 9.74. The quantitative estimate of drug-likeness (QED) is 0.745. The Balaban J connectivity index is 3.51. The van der Waals surface area contributed by atoms with Crippen LogP contribution in [-0.4, -0.2) is 4.98 Å². The lowest BCUT2D eigenvalue weighted by Crippen LogP contribution is -2.20. The number of halogens is 3. The summed E-state index contributed by atoms with van der Waals surface area (Å²) in [5.74, 6) is -0.0946. The molecule has 0 spiro atoms. The molecule has 5 heteroatoms. The molecule has 0 atom stereocenters. The van der Waals surface area contributed by atoms with Gasteiger partial charge in [0.05, 0.1) is 11.3 Å². The Morgan fingerprint density at radius 1 is 1.19 bits per heavy atom. The maximum atomic E-state index is 12.7. The number of hydrogen-bond acceptors (Lipinski definition) is 2. The van der Waals surface area contributed by atoms with Crippen molar-refractivity contribution in [2.24, 2.45) is 0 Å². The first kappa shape index (κ1) is 12.8. The molecule has 0 fully saturated rings. The molecule has 0 aliphatic heterocycles. The zero-order valence-corrected chi connectivity index (χ0v) is 9.74. The van der Waals surface area contributed by atoms with Crippen LogP contribution in [0.1, 0.15) is 37.6 Å². The molecule has 0 aliphatic rings. The van der Waals surface area contributed by atoms with E-state index in [9.17, 15) is 13.2 Å². The number of hydrogen-bond donors (Lipinski definition) is 1. The first-order chi connectivity index (χ1) is 7.03. The van der Waals surface area contributed by atoms with Crippen LogP contribution in [0, 0.1) is 6.92 Å². The van der Waals surface area contributed by atoms with Crippen LogP contribution in [0.15, 0.2) is 6.07 Å². The number of rotatable bonds is 0. The van der Waals surface area contributed by atoms with Crippen LogP contribution in [0.4, 0.5) is 19.0 Å². The summed E-state index contributed by atoms with van der Waals surface area (Å²) in [5.41, 5.74) is 4.78. The summed E-state index contributed by atoms with van der Waals surface area (Å²) in [7, 11) is 0. The molecule has 0 amide bonds. The normalized spacial score (nSPS) is 12.9. The highest BCUT2D eigenvalue weighted by atomic mass is 19.4. The predicted octanol–water partition coefficient (Wildman–Crippen LogP) is 3.29. The molecule has 0 aromatic carbocycles. The molecule has 0 saturated carbocycles. The highest BCUT2D eigenvalue weighted by Crippen LogP contribution is 2.36. The van der Waals surface area contributed by atoms with Crippen molar-refractivity contribution in [1.29, 1.82) is 0 Å². The van der Waals surface area contributed by atoms with E-state index in [1.807, 2.05) is 20.8 Å². The maximum absolute atomic E-state index is 12.7. The molecule has 2 nitrogen and oxygen atoms in total. The maximum Gasteiger partial charge on any atom is 0.416 e. The summed E-state index contributed by atoms with van der Waals surface area (Å²) in [4.78, 5) is 4.00. The third-order valence-electron chi connectivity index (χ3n) is 2.31. The summed E-state index contributed by atoms with van der Waals surface area (Å²) >= 11 is 0. The monoisotopic (exact) mass is 232 g/mol. The van der Waals surface area contributed by atoms with Gasteiger partial charge in [-0.05, 0) is 18.6 Å². The lowest BCUT2D eigenvalue weighted by atomic mass is 9.87. The van der Waals surface area contributed by atoms with Gasteiger partial charge in [0.2, 0.25) is 0 Å². The molecule has 1 rings (SSSR count). The van der Waals surface area contributed by atoms with Gasteiger partial charge in [-0.1, -0.05) is 20.8 Å². The van der Waals surface area contributed by atoms with E-state index in [1.165, 1.54) is 6.92 Å². The Kier molecular flexibility index (Phi) is 2.92. The van der Waals surface area contributed by atoms with Crippen LogP contribution in [0.3, 0.4) is 0 Å². The van der Waals surface area contributed by atoms with Crippen LogP contribution < -0.4 is 5.73 Å². The van der Waals surface area contributed by atoms with Gasteiger partial charge in [0.15, 0.2) is 0 Å². The van der Waals surface area contributed by atoms with Crippen LogP contribution in [0.5, 0.6) is 0 Å². The molecule has 1 heterocycles. The molecule has 0 aliphatic carbocycles. The summed E-state index contributed by atoms with van der Waals surface area (Å²) in [5, 5.41) is 0. The van der Waals surface area contributed by atoms with Crippen molar-refractivity contribution in [2.45, 2.75) is 39.3 Å². The van der Waals surface area contributed by atoms with Gasteiger partial charge >= 0.3 is 6.18 Å². The topological polar surface area (TPSA) is 38.9 Å². The van der Waals surface area contributed by atoms with E-state index < -0.39 is 17.2 Å². The summed E-state index contributed by atoms with van der Waals surface area (Å²) in [6.45, 7) is 6.85. The van der Waals surface area contributed by atoms with Gasteiger partial charge in [0, 0.05) is 5.41 Å². The highest BCUT2D eigenvalue weighted by Gasteiger charge is 2.35. The van der Waals surface area contributed by atoms with Gasteiger partial charge in [-0.15, -0.1) is 0 Å². The molecule has 1 aromatic heterocycles. The fourth-order valence-electron chi connectivity index (χ4n) is 1.65. The van der Waals surface area contributed by atoms with E-state index in [1.54, 1.807) is 0 Å². The molecule has 0 bridgehead atoms. The fourth-order valence-corrected chi connectivity index (χ4v) is 1.65. The third kappa shape index (κ3) is 2.46. The number of alkyl halides is 3. The SMILES string of the molecule is Cc1c(C(F)(F)F)cc(N)nc1C(C)(C)C. The predicted molar refractivity (Wildman–Crippen MR) is 57.1 cm³/mol. The van der Waals surface area contributed by atoms with Crippen molar-refractivity contribution in [3.8, 4) is 0 Å². The molecular weight excluding hydrogens is 217 g/mol. The van der Waals surface area contributed by atoms with Gasteiger partial charge in [0.25, 0.3) is 0 Å². The van der Waals surface area contributed by atoms with Crippen molar-refractivity contribution in [3.05, 3.63) is 22.9 Å². The molecule has 90 valence electrons. The highest BCUT2D eigenvalue weighted by molar-refractivity contribution is 5.44. The fraction of sp³-hybridized carbons (Fsp3) is 0.545. The molecule has 0 saturated heterocycles. The second kappa shape index (κ2) is 3.64. The van der Waals surface area contributed by atoms with Gasteiger partial charge < -0.3 is 5.73 Å². The first-order valence-corrected chi connectivity index (χ1v) is 4.88. The van der Waals surface area contributed by atoms with Crippen LogP contribution in [0.25, 0.3) is 0 Å². The van der Waals surface area contributed by atoms with Crippen LogP contribution in [0.2, 0.25) is 0 Å². The molecule has 16 heavy (non-hydrogen) atoms. The number of nitrogen functional groups attached to an aromatic ring is 1. The summed E-state index contributed by atoms with van der Waals surface area (Å²) in [6.07, 6.45) is -4.39. The minimum absolute atomic E-state index is 0.0946. The lowest BCUT2D eigenvalue weighted by Gasteiger charge is -2.23. The van der Waals surface area contributed by atoms with Gasteiger partial charge in [-0.2, -0.15) is 13.2 Å². The molecule has 0 radical (unpaired) electrons. The first-order valence-electron chi connectivity index (χ1n) is 4.88. The van der Waals surface area contributed by atoms with Crippen molar-refractivity contribution in [1.82, 2.24) is 4.98 Å². The van der Waals surface area contributed by atoms with Crippen molar-refractivity contribution < 1.29 is 13.2 Å². The summed E-state index contributed by atoms with van der Waals surface area (Å²) in [6, 6.07) is 0.880. The van der Waals surface area contributed by atoms with Gasteiger partial charge in [-0.25, -0.2) is 4.98 Å². The average molecular weight is 232 g/mol. The van der Waals surface area contributed by atoms with E-state index >= 15 is 0 Å². The number of nitrogens with zero attached hydrogens (tertiary/aromatic N) is 1. The van der Waals surface area contributed by atoms with Gasteiger partial charge in [0.1, 0.15) is 5.82 Å². The Morgan fingerprint density at radius 2 is 1.69 bits per heavy atom. The third-order valence-corrected chi connectivity index (χ3v) is 2.31. The number of pyridine rings is 1. The molecule has 2 N–H and O–H groups in total. The van der Waals surface area contributed by atoms with Crippen molar-refractivity contribution >= 4 is 5.82 Å². The van der Waals surface area contributed by atoms with E-state index in [4.69, 9.17) is 5.73 Å². The van der Waals surface area contributed by atoms with Gasteiger partial charge in [-0.3, -0.25) is 0 Å². The van der Waals surface area contributed by atoms with Crippen molar-refractivity contribution in [2.75, 3.05) is 5.73 Å². The number of anilines is 1. The van der Waals surface area contributed by atoms with Crippen LogP contribution >= 0.6 is 0 Å². The molecular formula is C11H15F3N2. The standard InChI is InChI=1S/C11H15F3N2/c1-6-7(11(12,13)14)5-8(15)16-9(6)10(2,3)4/h5H,1-4H3,(H2,15,16). The van der Waals surface area contributed by atoms with Crippen molar-refractivity contribution in [3.63, 3.8) is 0 Å². The Labute approximate surface area is 92.7 Å². The second-order valence-electron chi connectivity index (χ2n) is 4.82. The summed E-state index contributed by atoms with van der Waals surface area (Å²) < 4.78 is 38.1. The number of aromatic nitrogens is 1.